The van der Waals surface area contributed by atoms with E-state index in [0.717, 1.165) is 31.3 Å². The molecule has 5 nitrogen and oxygen atoms in total. The molecule has 0 bridgehead atoms. The number of rotatable bonds is 9. The van der Waals surface area contributed by atoms with E-state index in [0.29, 0.717) is 11.7 Å². The van der Waals surface area contributed by atoms with E-state index in [2.05, 4.69) is 5.32 Å². The van der Waals surface area contributed by atoms with Crippen molar-refractivity contribution in [3.8, 4) is 0 Å². The van der Waals surface area contributed by atoms with Crippen molar-refractivity contribution in [1.82, 2.24) is 5.32 Å². The van der Waals surface area contributed by atoms with Gasteiger partial charge in [-0.1, -0.05) is 21.4 Å². The lowest BCUT2D eigenvalue weighted by Gasteiger charge is -2.32. The number of allylic oxidation sites excluding steroid dienone is 3. The Kier molecular flexibility index (Phi) is 5.62. The fraction of sp³-hybridized carbons (Fsp3) is 0.684. The van der Waals surface area contributed by atoms with Crippen LogP contribution in [-0.4, -0.2) is 29.6 Å². The summed E-state index contributed by atoms with van der Waals surface area (Å²) >= 11 is 0. The van der Waals surface area contributed by atoms with Crippen LogP contribution in [0.3, 0.4) is 0 Å². The van der Waals surface area contributed by atoms with Crippen molar-refractivity contribution in [2.24, 2.45) is 23.5 Å². The third-order valence-electron chi connectivity index (χ3n) is 5.46. The zero-order valence-corrected chi connectivity index (χ0v) is 16.6. The molecule has 27 heavy (non-hydrogen) atoms. The first-order valence-corrected chi connectivity index (χ1v) is 9.96. The first-order chi connectivity index (χ1) is 12.6. The van der Waals surface area contributed by atoms with Gasteiger partial charge in [0, 0.05) is 18.4 Å². The number of nitrogens with two attached hydrogens (primary N) is 1. The SMILES string of the molecule is CC(CC(N)=O)(NC(=O)C1C=CC(C2CC2)=C(OCC(F)(F)P)C1)C1CC1. The molecule has 3 atom stereocenters. The second kappa shape index (κ2) is 7.50. The molecule has 3 rings (SSSR count). The summed E-state index contributed by atoms with van der Waals surface area (Å²) in [6.07, 6.45) is 7.92. The molecule has 0 spiro atoms. The van der Waals surface area contributed by atoms with E-state index < -0.39 is 29.6 Å². The number of halogens is 2. The molecule has 3 aliphatic rings. The van der Waals surface area contributed by atoms with Crippen LogP contribution in [-0.2, 0) is 14.3 Å². The molecule has 8 heteroatoms. The Morgan fingerprint density at radius 3 is 2.52 bits per heavy atom. The van der Waals surface area contributed by atoms with Gasteiger partial charge >= 0.3 is 0 Å². The number of carbonyl (C=O) groups excluding carboxylic acids is 2. The van der Waals surface area contributed by atoms with Crippen LogP contribution in [0.1, 0.15) is 45.4 Å². The first-order valence-electron chi connectivity index (χ1n) is 9.38. The molecule has 0 aromatic carbocycles. The van der Waals surface area contributed by atoms with Crippen molar-refractivity contribution < 1.29 is 23.1 Å². The van der Waals surface area contributed by atoms with Crippen LogP contribution in [0.2, 0.25) is 0 Å². The smallest absolute Gasteiger partial charge is 0.291 e. The van der Waals surface area contributed by atoms with E-state index in [9.17, 15) is 18.4 Å². The molecule has 2 amide bonds. The third kappa shape index (κ3) is 5.50. The van der Waals surface area contributed by atoms with E-state index in [1.165, 1.54) is 9.24 Å². The molecular weight excluding hydrogens is 373 g/mol. The normalized spacial score (nSPS) is 25.1. The molecule has 2 saturated carbocycles. The fourth-order valence-electron chi connectivity index (χ4n) is 3.71. The van der Waals surface area contributed by atoms with Crippen molar-refractivity contribution in [3.05, 3.63) is 23.5 Å². The number of amides is 2. The highest BCUT2D eigenvalue weighted by Crippen LogP contribution is 2.44. The lowest BCUT2D eigenvalue weighted by atomic mass is 9.88. The average molecular weight is 400 g/mol. The molecule has 3 aliphatic carbocycles. The predicted molar refractivity (Wildman–Crippen MR) is 101 cm³/mol. The van der Waals surface area contributed by atoms with Crippen molar-refractivity contribution in [1.29, 1.82) is 0 Å². The van der Waals surface area contributed by atoms with Gasteiger partial charge in [-0.25, -0.2) is 0 Å². The average Bonchev–Trinajstić information content (AvgIpc) is 3.44. The molecule has 2 fully saturated rings. The summed E-state index contributed by atoms with van der Waals surface area (Å²) in [6, 6.07) is 0. The van der Waals surface area contributed by atoms with Gasteiger partial charge in [-0.05, 0) is 50.0 Å². The lowest BCUT2D eigenvalue weighted by molar-refractivity contribution is -0.127. The van der Waals surface area contributed by atoms with Crippen molar-refractivity contribution in [2.45, 2.75) is 56.7 Å². The zero-order valence-electron chi connectivity index (χ0n) is 15.5. The van der Waals surface area contributed by atoms with Gasteiger partial charge in [0.2, 0.25) is 11.8 Å². The zero-order chi connectivity index (χ0) is 19.8. The number of ether oxygens (including phenoxy) is 1. The number of primary amides is 1. The second-order valence-electron chi connectivity index (χ2n) is 8.20. The Morgan fingerprint density at radius 2 is 2.00 bits per heavy atom. The van der Waals surface area contributed by atoms with Crippen LogP contribution < -0.4 is 11.1 Å². The third-order valence-corrected chi connectivity index (χ3v) is 5.62. The second-order valence-corrected chi connectivity index (χ2v) is 9.04. The molecule has 0 saturated heterocycles. The Hall–Kier alpha value is -1.49. The van der Waals surface area contributed by atoms with Gasteiger partial charge in [-0.15, -0.1) is 0 Å². The minimum Gasteiger partial charge on any atom is -0.491 e. The minimum absolute atomic E-state index is 0.0889. The van der Waals surface area contributed by atoms with Gasteiger partial charge in [-0.3, -0.25) is 9.59 Å². The maximum absolute atomic E-state index is 13.2. The van der Waals surface area contributed by atoms with Gasteiger partial charge in [0.15, 0.2) is 6.61 Å². The topological polar surface area (TPSA) is 81.4 Å². The van der Waals surface area contributed by atoms with Crippen molar-refractivity contribution in [2.75, 3.05) is 6.61 Å². The molecule has 0 aromatic rings. The molecule has 150 valence electrons. The van der Waals surface area contributed by atoms with E-state index in [1.54, 1.807) is 0 Å². The summed E-state index contributed by atoms with van der Waals surface area (Å²) in [5.41, 5.74) is 2.61. The highest BCUT2D eigenvalue weighted by atomic mass is 31.0. The number of hydrogen-bond donors (Lipinski definition) is 2. The number of alkyl halides is 2. The Bertz CT molecular complexity index is 681. The highest BCUT2D eigenvalue weighted by molar-refractivity contribution is 7.18. The van der Waals surface area contributed by atoms with Crippen LogP contribution in [0.4, 0.5) is 8.78 Å². The van der Waals surface area contributed by atoms with Gasteiger partial charge in [0.25, 0.3) is 5.66 Å². The first kappa shape index (κ1) is 20.2. The quantitative estimate of drug-likeness (QED) is 0.584. The molecular formula is C19H27F2N2O3P. The Labute approximate surface area is 160 Å². The number of hydrogen-bond acceptors (Lipinski definition) is 3. The van der Waals surface area contributed by atoms with Gasteiger partial charge < -0.3 is 15.8 Å². The van der Waals surface area contributed by atoms with Crippen LogP contribution in [0, 0.1) is 17.8 Å². The summed E-state index contributed by atoms with van der Waals surface area (Å²) in [4.78, 5) is 24.2. The largest absolute Gasteiger partial charge is 0.491 e. The summed E-state index contributed by atoms with van der Waals surface area (Å²) in [5, 5.41) is 2.99. The fourth-order valence-corrected chi connectivity index (χ4v) is 3.79. The maximum Gasteiger partial charge on any atom is 0.291 e. The van der Waals surface area contributed by atoms with Crippen LogP contribution >= 0.6 is 9.24 Å². The monoisotopic (exact) mass is 400 g/mol. The summed E-state index contributed by atoms with van der Waals surface area (Å²) in [7, 11) is 1.47. The molecule has 0 aliphatic heterocycles. The maximum atomic E-state index is 13.2. The van der Waals surface area contributed by atoms with Gasteiger partial charge in [0.1, 0.15) is 5.76 Å². The summed E-state index contributed by atoms with van der Waals surface area (Å²) < 4.78 is 31.8. The van der Waals surface area contributed by atoms with E-state index in [1.807, 2.05) is 19.1 Å². The summed E-state index contributed by atoms with van der Waals surface area (Å²) in [5.74, 6) is -0.130. The van der Waals surface area contributed by atoms with Crippen LogP contribution in [0.25, 0.3) is 0 Å². The number of nitrogens with one attached hydrogen (secondary N) is 1. The van der Waals surface area contributed by atoms with Gasteiger partial charge in [-0.2, -0.15) is 8.78 Å². The Balaban J connectivity index is 1.67. The molecule has 0 radical (unpaired) electrons. The van der Waals surface area contributed by atoms with Crippen molar-refractivity contribution >= 4 is 21.1 Å². The highest BCUT2D eigenvalue weighted by Gasteiger charge is 2.44. The van der Waals surface area contributed by atoms with Crippen molar-refractivity contribution in [3.63, 3.8) is 0 Å². The Morgan fingerprint density at radius 1 is 1.33 bits per heavy atom. The molecule has 0 heterocycles. The van der Waals surface area contributed by atoms with E-state index in [-0.39, 0.29) is 24.7 Å². The molecule has 3 unspecified atom stereocenters. The summed E-state index contributed by atoms with van der Waals surface area (Å²) in [6.45, 7) is 1.12. The lowest BCUT2D eigenvalue weighted by Crippen LogP contribution is -2.52. The van der Waals surface area contributed by atoms with Crippen LogP contribution in [0.5, 0.6) is 0 Å². The van der Waals surface area contributed by atoms with Gasteiger partial charge in [0.05, 0.1) is 5.92 Å². The van der Waals surface area contributed by atoms with E-state index in [4.69, 9.17) is 10.5 Å². The molecule has 3 N–H and O–H groups in total. The predicted octanol–water partition coefficient (Wildman–Crippen LogP) is 2.87. The van der Waals surface area contributed by atoms with Crippen LogP contribution in [0.15, 0.2) is 23.5 Å². The number of carbonyl (C=O) groups is 2. The van der Waals surface area contributed by atoms with E-state index >= 15 is 0 Å². The molecule has 0 aromatic heterocycles. The standard InChI is InChI=1S/C19H27F2N2O3P/c1-18(9-16(22)24,13-5-6-13)23-17(25)12-4-7-14(11-2-3-11)15(8-12)26-10-19(20,21)27/h4,7,11-13H,2-3,5-6,8-10,27H2,1H3,(H2,22,24)(H,23,25). The minimum atomic E-state index is -3.01.